The summed E-state index contributed by atoms with van der Waals surface area (Å²) in [7, 11) is 1.87. The maximum absolute atomic E-state index is 11.0. The smallest absolute Gasteiger partial charge is 0.324 e. The van der Waals surface area contributed by atoms with Crippen molar-refractivity contribution in [1.82, 2.24) is 4.90 Å². The van der Waals surface area contributed by atoms with E-state index in [-0.39, 0.29) is 17.3 Å². The van der Waals surface area contributed by atoms with Crippen molar-refractivity contribution < 1.29 is 9.90 Å². The molecule has 1 atom stereocenters. The lowest BCUT2D eigenvalue weighted by Gasteiger charge is -2.34. The zero-order valence-corrected chi connectivity index (χ0v) is 9.96. The van der Waals surface area contributed by atoms with E-state index in [1.165, 1.54) is 0 Å². The van der Waals surface area contributed by atoms with Crippen LogP contribution >= 0.6 is 24.2 Å². The first-order valence-electron chi connectivity index (χ1n) is 3.92. The molecule has 0 saturated carbocycles. The highest BCUT2D eigenvalue weighted by Crippen LogP contribution is 2.43. The summed E-state index contributed by atoms with van der Waals surface area (Å²) in [6.45, 7) is 5.87. The quantitative estimate of drug-likeness (QED) is 0.737. The lowest BCUT2D eigenvalue weighted by Crippen LogP contribution is -2.52. The van der Waals surface area contributed by atoms with Gasteiger partial charge in [0.2, 0.25) is 0 Å². The minimum Gasteiger partial charge on any atom is -0.480 e. The molecule has 0 aromatic carbocycles. The SMILES string of the molecule is CN1C(C)(C)SCC1(C)C(=O)O.Cl. The van der Waals surface area contributed by atoms with Crippen molar-refractivity contribution >= 4 is 30.1 Å². The predicted octanol–water partition coefficient (Wildman–Crippen LogP) is 1.67. The number of likely N-dealkylation sites (N-methyl/N-ethyl adjacent to an activating group) is 1. The first-order valence-corrected chi connectivity index (χ1v) is 4.90. The van der Waals surface area contributed by atoms with E-state index in [4.69, 9.17) is 5.11 Å². The molecule has 1 fully saturated rings. The lowest BCUT2D eigenvalue weighted by molar-refractivity contribution is -0.148. The molecule has 1 aliphatic heterocycles. The highest BCUT2D eigenvalue weighted by Gasteiger charge is 2.50. The molecule has 1 unspecified atom stereocenters. The van der Waals surface area contributed by atoms with Crippen LogP contribution in [0.25, 0.3) is 0 Å². The van der Waals surface area contributed by atoms with Crippen LogP contribution in [0.15, 0.2) is 0 Å². The number of halogens is 1. The summed E-state index contributed by atoms with van der Waals surface area (Å²) >= 11 is 1.69. The molecule has 1 saturated heterocycles. The summed E-state index contributed by atoms with van der Waals surface area (Å²) < 4.78 is 0. The Balaban J connectivity index is 0.00000144. The Kier molecular flexibility index (Phi) is 3.69. The van der Waals surface area contributed by atoms with Gasteiger partial charge in [0.15, 0.2) is 0 Å². The van der Waals surface area contributed by atoms with Crippen molar-refractivity contribution in [2.24, 2.45) is 0 Å². The standard InChI is InChI=1S/C8H15NO2S.ClH/c1-7(2)9(4)8(3,5-12-7)6(10)11;/h5H2,1-4H3,(H,10,11);1H. The van der Waals surface area contributed by atoms with Gasteiger partial charge in [-0.25, -0.2) is 0 Å². The zero-order valence-electron chi connectivity index (χ0n) is 8.33. The molecule has 1 heterocycles. The van der Waals surface area contributed by atoms with Crippen molar-refractivity contribution in [3.63, 3.8) is 0 Å². The lowest BCUT2D eigenvalue weighted by atomic mass is 10.0. The summed E-state index contributed by atoms with van der Waals surface area (Å²) in [5.41, 5.74) is -0.700. The number of hydrogen-bond donors (Lipinski definition) is 1. The maximum Gasteiger partial charge on any atom is 0.324 e. The van der Waals surface area contributed by atoms with Crippen molar-refractivity contribution in [2.75, 3.05) is 12.8 Å². The van der Waals surface area contributed by atoms with Crippen LogP contribution in [0.4, 0.5) is 0 Å². The van der Waals surface area contributed by atoms with E-state index in [0.717, 1.165) is 0 Å². The van der Waals surface area contributed by atoms with Gasteiger partial charge in [-0.1, -0.05) is 0 Å². The second kappa shape index (κ2) is 3.67. The van der Waals surface area contributed by atoms with Gasteiger partial charge in [-0.2, -0.15) is 0 Å². The van der Waals surface area contributed by atoms with Gasteiger partial charge in [-0.3, -0.25) is 9.69 Å². The Morgan fingerprint density at radius 3 is 2.08 bits per heavy atom. The Morgan fingerprint density at radius 1 is 1.46 bits per heavy atom. The van der Waals surface area contributed by atoms with Gasteiger partial charge in [-0.15, -0.1) is 24.2 Å². The van der Waals surface area contributed by atoms with Gasteiger partial charge in [0.1, 0.15) is 5.54 Å². The number of aliphatic carboxylic acids is 1. The van der Waals surface area contributed by atoms with E-state index in [0.29, 0.717) is 5.75 Å². The van der Waals surface area contributed by atoms with E-state index in [9.17, 15) is 4.79 Å². The maximum atomic E-state index is 11.0. The molecule has 5 heteroatoms. The second-order valence-corrected chi connectivity index (χ2v) is 5.45. The average Bonchev–Trinajstić information content (AvgIpc) is 2.15. The van der Waals surface area contributed by atoms with Crippen molar-refractivity contribution in [3.8, 4) is 0 Å². The summed E-state index contributed by atoms with van der Waals surface area (Å²) in [6.07, 6.45) is 0. The van der Waals surface area contributed by atoms with Crippen LogP contribution in [0.2, 0.25) is 0 Å². The van der Waals surface area contributed by atoms with Gasteiger partial charge in [0.25, 0.3) is 0 Å². The fourth-order valence-corrected chi connectivity index (χ4v) is 2.66. The number of carboxylic acids is 1. The number of carbonyl (C=O) groups is 1. The minimum atomic E-state index is -0.733. The number of thioether (sulfide) groups is 1. The summed E-state index contributed by atoms with van der Waals surface area (Å²) in [6, 6.07) is 0. The zero-order chi connectivity index (χ0) is 9.57. The normalized spacial score (nSPS) is 32.6. The molecule has 0 aliphatic carbocycles. The van der Waals surface area contributed by atoms with Gasteiger partial charge >= 0.3 is 5.97 Å². The fraction of sp³-hybridized carbons (Fsp3) is 0.875. The molecule has 0 bridgehead atoms. The highest BCUT2D eigenvalue weighted by molar-refractivity contribution is 8.00. The van der Waals surface area contributed by atoms with Crippen LogP contribution in [0.5, 0.6) is 0 Å². The van der Waals surface area contributed by atoms with Crippen LogP contribution in [0.3, 0.4) is 0 Å². The molecular weight excluding hydrogens is 210 g/mol. The van der Waals surface area contributed by atoms with Crippen LogP contribution in [0.1, 0.15) is 20.8 Å². The Labute approximate surface area is 89.3 Å². The molecule has 1 rings (SSSR count). The minimum absolute atomic E-state index is 0. The Hall–Kier alpha value is 0.0700. The molecule has 0 aromatic rings. The summed E-state index contributed by atoms with van der Waals surface area (Å²) in [5.74, 6) is -0.0747. The van der Waals surface area contributed by atoms with E-state index in [1.54, 1.807) is 18.7 Å². The molecule has 0 spiro atoms. The van der Waals surface area contributed by atoms with Crippen molar-refractivity contribution in [3.05, 3.63) is 0 Å². The van der Waals surface area contributed by atoms with E-state index in [1.807, 2.05) is 25.8 Å². The first-order chi connectivity index (χ1) is 5.31. The van der Waals surface area contributed by atoms with Crippen molar-refractivity contribution in [2.45, 2.75) is 31.2 Å². The molecule has 0 amide bonds. The molecular formula is C8H16ClNO2S. The summed E-state index contributed by atoms with van der Waals surface area (Å²) in [5, 5.41) is 9.02. The first kappa shape index (κ1) is 13.1. The van der Waals surface area contributed by atoms with Crippen LogP contribution in [-0.2, 0) is 4.79 Å². The molecule has 13 heavy (non-hydrogen) atoms. The third-order valence-corrected chi connectivity index (χ3v) is 4.40. The highest BCUT2D eigenvalue weighted by atomic mass is 35.5. The largest absolute Gasteiger partial charge is 0.480 e. The molecule has 1 N–H and O–H groups in total. The molecule has 0 aromatic heterocycles. The third-order valence-electron chi connectivity index (χ3n) is 2.72. The monoisotopic (exact) mass is 225 g/mol. The fourth-order valence-electron chi connectivity index (χ4n) is 1.31. The van der Waals surface area contributed by atoms with Crippen LogP contribution < -0.4 is 0 Å². The average molecular weight is 226 g/mol. The Bertz CT molecular complexity index is 222. The molecule has 1 aliphatic rings. The Morgan fingerprint density at radius 2 is 1.92 bits per heavy atom. The van der Waals surface area contributed by atoms with Gasteiger partial charge < -0.3 is 5.11 Å². The van der Waals surface area contributed by atoms with Gasteiger partial charge in [-0.05, 0) is 27.8 Å². The van der Waals surface area contributed by atoms with E-state index >= 15 is 0 Å². The number of carboxylic acid groups (broad SMARTS) is 1. The summed E-state index contributed by atoms with van der Waals surface area (Å²) in [4.78, 5) is 12.8. The van der Waals surface area contributed by atoms with Crippen LogP contribution in [-0.4, -0.2) is 39.2 Å². The molecule has 78 valence electrons. The molecule has 0 radical (unpaired) electrons. The number of nitrogens with zero attached hydrogens (tertiary/aromatic N) is 1. The van der Waals surface area contributed by atoms with Crippen molar-refractivity contribution in [1.29, 1.82) is 0 Å². The van der Waals surface area contributed by atoms with E-state index in [2.05, 4.69) is 0 Å². The van der Waals surface area contributed by atoms with Crippen LogP contribution in [0, 0.1) is 0 Å². The van der Waals surface area contributed by atoms with E-state index < -0.39 is 11.5 Å². The topological polar surface area (TPSA) is 40.5 Å². The predicted molar refractivity (Wildman–Crippen MR) is 57.6 cm³/mol. The number of rotatable bonds is 1. The van der Waals surface area contributed by atoms with Gasteiger partial charge in [0.05, 0.1) is 4.87 Å². The van der Waals surface area contributed by atoms with Gasteiger partial charge in [0, 0.05) is 5.75 Å². The second-order valence-electron chi connectivity index (χ2n) is 3.87. The molecule has 3 nitrogen and oxygen atoms in total. The number of hydrogen-bond acceptors (Lipinski definition) is 3. The third kappa shape index (κ3) is 1.95.